The number of nitrogens with one attached hydrogen (secondary N) is 1. The van der Waals surface area contributed by atoms with Gasteiger partial charge in [0.25, 0.3) is 0 Å². The lowest BCUT2D eigenvalue weighted by atomic mass is 10.1. The Bertz CT molecular complexity index is 446. The minimum atomic E-state index is 0.783. The molecule has 0 amide bonds. The summed E-state index contributed by atoms with van der Waals surface area (Å²) in [5.74, 6) is 1.63. The number of ether oxygens (including phenoxy) is 2. The largest absolute Gasteiger partial charge is 0.493 e. The lowest BCUT2D eigenvalue weighted by molar-refractivity contribution is 0.228. The summed E-state index contributed by atoms with van der Waals surface area (Å²) in [6.07, 6.45) is 0. The van der Waals surface area contributed by atoms with Crippen LogP contribution in [-0.4, -0.2) is 45.3 Å². The van der Waals surface area contributed by atoms with Gasteiger partial charge in [-0.3, -0.25) is 4.90 Å². The molecule has 2 rings (SSSR count). The van der Waals surface area contributed by atoms with Gasteiger partial charge in [0.2, 0.25) is 0 Å². The van der Waals surface area contributed by atoms with Crippen LogP contribution in [0.25, 0.3) is 0 Å². The number of halogens is 1. The lowest BCUT2D eigenvalue weighted by Gasteiger charge is -2.29. The van der Waals surface area contributed by atoms with Gasteiger partial charge in [0.05, 0.1) is 14.2 Å². The van der Waals surface area contributed by atoms with Gasteiger partial charge in [-0.25, -0.2) is 0 Å². The van der Waals surface area contributed by atoms with E-state index in [1.54, 1.807) is 14.2 Å². The molecule has 0 unspecified atom stereocenters. The Hall–Kier alpha value is -0.780. The SMILES string of the molecule is COc1cc(Br)c(C)c(CN2CCNCC2)c1OC. The summed E-state index contributed by atoms with van der Waals surface area (Å²) < 4.78 is 12.0. The molecule has 1 aromatic carbocycles. The molecule has 19 heavy (non-hydrogen) atoms. The van der Waals surface area contributed by atoms with E-state index in [9.17, 15) is 0 Å². The molecular formula is C14H21BrN2O2. The molecule has 0 radical (unpaired) electrons. The monoisotopic (exact) mass is 328 g/mol. The first-order valence-corrected chi connectivity index (χ1v) is 7.29. The molecule has 4 nitrogen and oxygen atoms in total. The van der Waals surface area contributed by atoms with Crippen molar-refractivity contribution >= 4 is 15.9 Å². The van der Waals surface area contributed by atoms with Crippen LogP contribution in [0.3, 0.4) is 0 Å². The van der Waals surface area contributed by atoms with E-state index in [0.717, 1.165) is 48.7 Å². The highest BCUT2D eigenvalue weighted by Crippen LogP contribution is 2.38. The van der Waals surface area contributed by atoms with E-state index in [1.165, 1.54) is 11.1 Å². The minimum Gasteiger partial charge on any atom is -0.493 e. The van der Waals surface area contributed by atoms with Crippen molar-refractivity contribution in [3.8, 4) is 11.5 Å². The van der Waals surface area contributed by atoms with Crippen LogP contribution < -0.4 is 14.8 Å². The van der Waals surface area contributed by atoms with Crippen LogP contribution >= 0.6 is 15.9 Å². The molecule has 0 spiro atoms. The highest BCUT2D eigenvalue weighted by molar-refractivity contribution is 9.10. The Morgan fingerprint density at radius 1 is 1.26 bits per heavy atom. The van der Waals surface area contributed by atoms with Gasteiger partial charge < -0.3 is 14.8 Å². The molecule has 0 bridgehead atoms. The Kier molecular flexibility index (Phi) is 5.07. The maximum Gasteiger partial charge on any atom is 0.165 e. The molecule has 1 fully saturated rings. The van der Waals surface area contributed by atoms with E-state index < -0.39 is 0 Å². The minimum absolute atomic E-state index is 0.783. The van der Waals surface area contributed by atoms with Crippen LogP contribution in [0.2, 0.25) is 0 Å². The molecule has 5 heteroatoms. The third-order valence-corrected chi connectivity index (χ3v) is 4.41. The standard InChI is InChI=1S/C14H21BrN2O2/c1-10-11(9-17-6-4-16-5-7-17)14(19-3)13(18-2)8-12(10)15/h8,16H,4-7,9H2,1-3H3. The Morgan fingerprint density at radius 3 is 2.53 bits per heavy atom. The molecule has 1 aliphatic heterocycles. The first-order chi connectivity index (χ1) is 9.17. The third-order valence-electron chi connectivity index (χ3n) is 3.58. The van der Waals surface area contributed by atoms with Gasteiger partial charge in [-0.05, 0) is 18.6 Å². The number of methoxy groups -OCH3 is 2. The number of piperazine rings is 1. The summed E-state index contributed by atoms with van der Waals surface area (Å²) in [5, 5.41) is 3.37. The number of hydrogen-bond acceptors (Lipinski definition) is 4. The summed E-state index contributed by atoms with van der Waals surface area (Å²) in [7, 11) is 3.38. The van der Waals surface area contributed by atoms with Crippen molar-refractivity contribution in [1.29, 1.82) is 0 Å². The van der Waals surface area contributed by atoms with Crippen molar-refractivity contribution in [2.24, 2.45) is 0 Å². The van der Waals surface area contributed by atoms with Crippen molar-refractivity contribution in [3.05, 3.63) is 21.7 Å². The fourth-order valence-electron chi connectivity index (χ4n) is 2.41. The molecular weight excluding hydrogens is 308 g/mol. The van der Waals surface area contributed by atoms with Gasteiger partial charge in [0, 0.05) is 42.8 Å². The van der Waals surface area contributed by atoms with Gasteiger partial charge in [0.1, 0.15) is 0 Å². The molecule has 1 aliphatic rings. The Morgan fingerprint density at radius 2 is 1.95 bits per heavy atom. The Labute approximate surface area is 123 Å². The third kappa shape index (κ3) is 3.22. The summed E-state index contributed by atoms with van der Waals surface area (Å²) in [5.41, 5.74) is 2.42. The first-order valence-electron chi connectivity index (χ1n) is 6.50. The molecule has 0 aliphatic carbocycles. The number of benzene rings is 1. The first kappa shape index (κ1) is 14.6. The topological polar surface area (TPSA) is 33.7 Å². The van der Waals surface area contributed by atoms with E-state index in [4.69, 9.17) is 9.47 Å². The second-order valence-electron chi connectivity index (χ2n) is 4.72. The zero-order valence-corrected chi connectivity index (χ0v) is 13.3. The van der Waals surface area contributed by atoms with Gasteiger partial charge in [-0.15, -0.1) is 0 Å². The van der Waals surface area contributed by atoms with E-state index in [0.29, 0.717) is 0 Å². The quantitative estimate of drug-likeness (QED) is 0.918. The predicted octanol–water partition coefficient (Wildman–Crippen LogP) is 2.18. The molecule has 1 N–H and O–H groups in total. The number of nitrogens with zero attached hydrogens (tertiary/aromatic N) is 1. The second-order valence-corrected chi connectivity index (χ2v) is 5.58. The molecule has 0 saturated carbocycles. The molecule has 1 saturated heterocycles. The second kappa shape index (κ2) is 6.59. The summed E-state index contributed by atoms with van der Waals surface area (Å²) in [6, 6.07) is 1.97. The van der Waals surface area contributed by atoms with Gasteiger partial charge >= 0.3 is 0 Å². The summed E-state index contributed by atoms with van der Waals surface area (Å²) in [4.78, 5) is 2.44. The van der Waals surface area contributed by atoms with Crippen molar-refractivity contribution in [1.82, 2.24) is 10.2 Å². The fourth-order valence-corrected chi connectivity index (χ4v) is 2.86. The van der Waals surface area contributed by atoms with Crippen LogP contribution in [0, 0.1) is 6.92 Å². The zero-order valence-electron chi connectivity index (χ0n) is 11.8. The highest BCUT2D eigenvalue weighted by atomic mass is 79.9. The average molecular weight is 329 g/mol. The van der Waals surface area contributed by atoms with Crippen LogP contribution in [0.5, 0.6) is 11.5 Å². The van der Waals surface area contributed by atoms with E-state index >= 15 is 0 Å². The van der Waals surface area contributed by atoms with Gasteiger partial charge in [-0.1, -0.05) is 15.9 Å². The lowest BCUT2D eigenvalue weighted by Crippen LogP contribution is -2.43. The average Bonchev–Trinajstić information content (AvgIpc) is 2.44. The normalized spacial score (nSPS) is 16.4. The molecule has 0 aromatic heterocycles. The van der Waals surface area contributed by atoms with Crippen molar-refractivity contribution in [3.63, 3.8) is 0 Å². The van der Waals surface area contributed by atoms with E-state index in [2.05, 4.69) is 33.1 Å². The van der Waals surface area contributed by atoms with Crippen LogP contribution in [0.4, 0.5) is 0 Å². The summed E-state index contributed by atoms with van der Waals surface area (Å²) >= 11 is 3.60. The fraction of sp³-hybridized carbons (Fsp3) is 0.571. The van der Waals surface area contributed by atoms with Crippen molar-refractivity contribution in [2.45, 2.75) is 13.5 Å². The number of hydrogen-bond donors (Lipinski definition) is 1. The maximum absolute atomic E-state index is 5.56. The van der Waals surface area contributed by atoms with E-state index in [1.807, 2.05) is 6.07 Å². The highest BCUT2D eigenvalue weighted by Gasteiger charge is 2.19. The van der Waals surface area contributed by atoms with Crippen molar-refractivity contribution in [2.75, 3.05) is 40.4 Å². The molecule has 1 heterocycles. The van der Waals surface area contributed by atoms with Crippen LogP contribution in [0.1, 0.15) is 11.1 Å². The molecule has 1 aromatic rings. The smallest absolute Gasteiger partial charge is 0.165 e. The van der Waals surface area contributed by atoms with Gasteiger partial charge in [-0.2, -0.15) is 0 Å². The van der Waals surface area contributed by atoms with E-state index in [-0.39, 0.29) is 0 Å². The molecule has 106 valence electrons. The maximum atomic E-state index is 5.56. The summed E-state index contributed by atoms with van der Waals surface area (Å²) in [6.45, 7) is 7.24. The Balaban J connectivity index is 2.33. The molecule has 0 atom stereocenters. The number of rotatable bonds is 4. The van der Waals surface area contributed by atoms with Crippen LogP contribution in [-0.2, 0) is 6.54 Å². The van der Waals surface area contributed by atoms with Gasteiger partial charge in [0.15, 0.2) is 11.5 Å². The van der Waals surface area contributed by atoms with Crippen LogP contribution in [0.15, 0.2) is 10.5 Å². The zero-order chi connectivity index (χ0) is 13.8. The van der Waals surface area contributed by atoms with Crippen molar-refractivity contribution < 1.29 is 9.47 Å². The predicted molar refractivity (Wildman–Crippen MR) is 80.1 cm³/mol.